The van der Waals surface area contributed by atoms with Gasteiger partial charge in [-0.15, -0.1) is 0 Å². The predicted octanol–water partition coefficient (Wildman–Crippen LogP) is 6.44. The van der Waals surface area contributed by atoms with Crippen molar-refractivity contribution in [1.82, 2.24) is 20.4 Å². The van der Waals surface area contributed by atoms with Crippen LogP contribution in [0, 0.1) is 6.92 Å². The van der Waals surface area contributed by atoms with Gasteiger partial charge in [0, 0.05) is 22.8 Å². The topological polar surface area (TPSA) is 71.3 Å². The second kappa shape index (κ2) is 9.76. The molecule has 1 unspecified atom stereocenters. The van der Waals surface area contributed by atoms with Crippen molar-refractivity contribution in [2.24, 2.45) is 0 Å². The number of nitrogens with zero attached hydrogens (tertiary/aromatic N) is 3. The molecule has 2 amide bonds. The molecule has 1 aliphatic rings. The van der Waals surface area contributed by atoms with Crippen LogP contribution in [0.2, 0.25) is 5.02 Å². The van der Waals surface area contributed by atoms with Gasteiger partial charge in [-0.2, -0.15) is 4.98 Å². The Bertz CT molecular complexity index is 1380. The number of urea groups is 1. The average molecular weight is 485 g/mol. The molecule has 1 N–H and O–H groups in total. The largest absolute Gasteiger partial charge is 0.334 e. The Morgan fingerprint density at radius 2 is 1.77 bits per heavy atom. The highest BCUT2D eigenvalue weighted by molar-refractivity contribution is 6.30. The van der Waals surface area contributed by atoms with Gasteiger partial charge in [0.1, 0.15) is 0 Å². The minimum Gasteiger partial charge on any atom is -0.334 e. The van der Waals surface area contributed by atoms with Crippen LogP contribution in [0.5, 0.6) is 0 Å². The molecule has 0 saturated heterocycles. The van der Waals surface area contributed by atoms with E-state index >= 15 is 0 Å². The summed E-state index contributed by atoms with van der Waals surface area (Å²) in [5.74, 6) is 0.866. The molecule has 4 aromatic rings. The van der Waals surface area contributed by atoms with Gasteiger partial charge in [0.25, 0.3) is 5.89 Å². The zero-order chi connectivity index (χ0) is 24.4. The van der Waals surface area contributed by atoms with Crippen LogP contribution in [-0.2, 0) is 6.42 Å². The molecule has 1 atom stereocenters. The molecule has 0 aliphatic carbocycles. The lowest BCUT2D eigenvalue weighted by Gasteiger charge is -2.35. The van der Waals surface area contributed by atoms with Crippen molar-refractivity contribution >= 4 is 23.2 Å². The quantitative estimate of drug-likeness (QED) is 0.342. The number of rotatable bonds is 6. The number of benzene rings is 3. The number of halogens is 1. The van der Waals surface area contributed by atoms with Crippen molar-refractivity contribution in [2.45, 2.75) is 26.3 Å². The normalized spacial score (nSPS) is 15.9. The van der Waals surface area contributed by atoms with Crippen LogP contribution in [0.15, 0.2) is 89.1 Å². The summed E-state index contributed by atoms with van der Waals surface area (Å²) in [6.07, 6.45) is 0.721. The van der Waals surface area contributed by atoms with Gasteiger partial charge in [0.2, 0.25) is 5.82 Å². The number of aromatic nitrogens is 2. The minimum atomic E-state index is -0.472. The van der Waals surface area contributed by atoms with E-state index in [0.717, 1.165) is 39.9 Å². The number of carbonyl (C=O) groups excluding carboxylic acids is 1. The van der Waals surface area contributed by atoms with E-state index in [-0.39, 0.29) is 6.03 Å². The maximum Gasteiger partial charge on any atom is 0.322 e. The van der Waals surface area contributed by atoms with E-state index in [9.17, 15) is 4.79 Å². The molecule has 3 aromatic carbocycles. The minimum absolute atomic E-state index is 0.176. The summed E-state index contributed by atoms with van der Waals surface area (Å²) in [5, 5.41) is 7.94. The van der Waals surface area contributed by atoms with Gasteiger partial charge in [-0.1, -0.05) is 89.1 Å². The molecule has 0 bridgehead atoms. The molecule has 0 spiro atoms. The smallest absolute Gasteiger partial charge is 0.322 e. The number of amides is 2. The molecule has 0 radical (unpaired) electrons. The number of hydrogen-bond acceptors (Lipinski definition) is 4. The third-order valence-electron chi connectivity index (χ3n) is 6.21. The number of allylic oxidation sites excluding steroid dienone is 1. The number of hydrogen-bond donors (Lipinski definition) is 1. The zero-order valence-corrected chi connectivity index (χ0v) is 20.3. The third-order valence-corrected chi connectivity index (χ3v) is 6.45. The molecular weight excluding hydrogens is 460 g/mol. The maximum atomic E-state index is 13.2. The van der Waals surface area contributed by atoms with E-state index in [1.165, 1.54) is 0 Å². The van der Waals surface area contributed by atoms with E-state index in [1.54, 1.807) is 11.0 Å². The van der Waals surface area contributed by atoms with Crippen LogP contribution in [-0.4, -0.2) is 27.6 Å². The van der Waals surface area contributed by atoms with Gasteiger partial charge >= 0.3 is 6.03 Å². The van der Waals surface area contributed by atoms with Crippen LogP contribution in [0.25, 0.3) is 17.0 Å². The lowest BCUT2D eigenvalue weighted by molar-refractivity contribution is 0.205. The number of nitrogens with one attached hydrogen (secondary N) is 1. The van der Waals surface area contributed by atoms with E-state index in [2.05, 4.69) is 22.6 Å². The molecule has 0 fully saturated rings. The first-order chi connectivity index (χ1) is 17.0. The first kappa shape index (κ1) is 22.9. The van der Waals surface area contributed by atoms with Crippen molar-refractivity contribution in [3.05, 3.63) is 112 Å². The summed E-state index contributed by atoms with van der Waals surface area (Å²) in [7, 11) is 0. The number of aryl methyl sites for hydroxylation is 1. The highest BCUT2D eigenvalue weighted by atomic mass is 35.5. The van der Waals surface area contributed by atoms with E-state index < -0.39 is 6.04 Å². The molecule has 35 heavy (non-hydrogen) atoms. The second-order valence-corrected chi connectivity index (χ2v) is 9.05. The van der Waals surface area contributed by atoms with Crippen molar-refractivity contribution in [3.63, 3.8) is 0 Å². The molecule has 2 heterocycles. The fraction of sp³-hybridized carbons (Fsp3) is 0.179. The van der Waals surface area contributed by atoms with Crippen LogP contribution >= 0.6 is 11.6 Å². The van der Waals surface area contributed by atoms with Crippen LogP contribution < -0.4 is 5.32 Å². The predicted molar refractivity (Wildman–Crippen MR) is 137 cm³/mol. The Kier molecular flexibility index (Phi) is 6.38. The van der Waals surface area contributed by atoms with Crippen molar-refractivity contribution in [2.75, 3.05) is 6.54 Å². The third kappa shape index (κ3) is 4.84. The van der Waals surface area contributed by atoms with Crippen LogP contribution in [0.4, 0.5) is 4.79 Å². The summed E-state index contributed by atoms with van der Waals surface area (Å²) < 4.78 is 5.76. The lowest BCUT2D eigenvalue weighted by atomic mass is 9.94. The van der Waals surface area contributed by atoms with Gasteiger partial charge in [-0.3, -0.25) is 4.90 Å². The first-order valence-electron chi connectivity index (χ1n) is 11.5. The van der Waals surface area contributed by atoms with E-state index in [4.69, 9.17) is 21.1 Å². The Hall–Kier alpha value is -3.90. The molecule has 1 aromatic heterocycles. The van der Waals surface area contributed by atoms with Gasteiger partial charge in [0.15, 0.2) is 0 Å². The molecular formula is C28H25ClN4O2. The standard InChI is InChI=1S/C28H25ClN4O2/c1-18-11-13-21(14-12-18)26-31-27(35-32-26)24-19(2)33(16-15-20-7-4-3-5-8-20)28(34)30-25(24)22-9-6-10-23(29)17-22/h3-14,17,25H,15-16H2,1-2H3,(H,30,34). The molecule has 6 nitrogen and oxygen atoms in total. The molecule has 5 rings (SSSR count). The Balaban J connectivity index is 1.55. The van der Waals surface area contributed by atoms with Crippen molar-refractivity contribution in [1.29, 1.82) is 0 Å². The van der Waals surface area contributed by atoms with E-state index in [1.807, 2.05) is 74.5 Å². The summed E-state index contributed by atoms with van der Waals surface area (Å²) in [5.41, 5.74) is 5.55. The van der Waals surface area contributed by atoms with Crippen LogP contribution in [0.1, 0.15) is 35.5 Å². The average Bonchev–Trinajstić information content (AvgIpc) is 3.34. The van der Waals surface area contributed by atoms with Gasteiger partial charge in [-0.05, 0) is 43.5 Å². The fourth-order valence-corrected chi connectivity index (χ4v) is 4.50. The van der Waals surface area contributed by atoms with Crippen molar-refractivity contribution < 1.29 is 9.32 Å². The molecule has 0 saturated carbocycles. The zero-order valence-electron chi connectivity index (χ0n) is 19.5. The Labute approximate surface area is 209 Å². The van der Waals surface area contributed by atoms with Gasteiger partial charge in [-0.25, -0.2) is 4.79 Å². The summed E-state index contributed by atoms with van der Waals surface area (Å²) >= 11 is 6.28. The van der Waals surface area contributed by atoms with Gasteiger partial charge < -0.3 is 9.84 Å². The van der Waals surface area contributed by atoms with Crippen LogP contribution in [0.3, 0.4) is 0 Å². The monoisotopic (exact) mass is 484 g/mol. The molecule has 1 aliphatic heterocycles. The Morgan fingerprint density at radius 3 is 2.51 bits per heavy atom. The fourth-order valence-electron chi connectivity index (χ4n) is 4.30. The van der Waals surface area contributed by atoms with Gasteiger partial charge in [0.05, 0.1) is 11.6 Å². The summed E-state index contributed by atoms with van der Waals surface area (Å²) in [6.45, 7) is 4.47. The molecule has 176 valence electrons. The first-order valence-corrected chi connectivity index (χ1v) is 11.9. The summed E-state index contributed by atoms with van der Waals surface area (Å²) in [4.78, 5) is 19.7. The summed E-state index contributed by atoms with van der Waals surface area (Å²) in [6, 6.07) is 24.9. The highest BCUT2D eigenvalue weighted by Crippen LogP contribution is 2.38. The van der Waals surface area contributed by atoms with E-state index in [0.29, 0.717) is 23.3 Å². The highest BCUT2D eigenvalue weighted by Gasteiger charge is 2.35. The van der Waals surface area contributed by atoms with Crippen molar-refractivity contribution in [3.8, 4) is 11.4 Å². The maximum absolute atomic E-state index is 13.2. The second-order valence-electron chi connectivity index (χ2n) is 8.61. The number of carbonyl (C=O) groups is 1. The SMILES string of the molecule is CC1=C(c2nc(-c3ccc(C)cc3)no2)C(c2cccc(Cl)c2)NC(=O)N1CCc1ccccc1. The lowest BCUT2D eigenvalue weighted by Crippen LogP contribution is -2.46. The molecule has 7 heteroatoms. The Morgan fingerprint density at radius 1 is 1.00 bits per heavy atom.